The molecule has 1 fully saturated rings. The van der Waals surface area contributed by atoms with Crippen molar-refractivity contribution in [2.24, 2.45) is 35.5 Å². The number of aliphatic hydroxyl groups is 3. The normalized spacial score (nSPS) is 26.9. The van der Waals surface area contributed by atoms with Crippen molar-refractivity contribution in [2.45, 2.75) is 254 Å². The number of aliphatic hydroxyl groups excluding tert-OH is 2. The Morgan fingerprint density at radius 2 is 0.957 bits per heavy atom. The summed E-state index contributed by atoms with van der Waals surface area (Å²) in [5, 5.41) is 44.9. The van der Waals surface area contributed by atoms with Crippen molar-refractivity contribution in [3.05, 3.63) is 12.2 Å². The maximum absolute atomic E-state index is 15.3. The van der Waals surface area contributed by atoms with Crippen LogP contribution in [0.1, 0.15) is 170 Å². The van der Waals surface area contributed by atoms with Gasteiger partial charge in [-0.25, -0.2) is 0 Å². The Morgan fingerprint density at radius 3 is 1.42 bits per heavy atom. The first-order chi connectivity index (χ1) is 42.8. The van der Waals surface area contributed by atoms with Gasteiger partial charge in [0.05, 0.1) is 17.8 Å². The lowest BCUT2D eigenvalue weighted by atomic mass is 9.91. The van der Waals surface area contributed by atoms with Gasteiger partial charge in [-0.15, -0.1) is 0 Å². The molecule has 0 aliphatic carbocycles. The Balaban J connectivity index is 4.57. The summed E-state index contributed by atoms with van der Waals surface area (Å²) in [5.41, 5.74) is -1.61. The summed E-state index contributed by atoms with van der Waals surface area (Å²) in [7, 11) is 9.70. The number of thioether (sulfide) groups is 1. The second-order valence-corrected chi connectivity index (χ2v) is 29.5. The highest BCUT2D eigenvalue weighted by atomic mass is 32.2. The number of amides is 11. The van der Waals surface area contributed by atoms with Gasteiger partial charge in [-0.1, -0.05) is 95.2 Å². The quantitative estimate of drug-likeness (QED) is 0.0861. The molecule has 1 unspecified atom stereocenters. The summed E-state index contributed by atoms with van der Waals surface area (Å²) in [5.74, 6) is -10.4. The number of hydrogen-bond acceptors (Lipinski definition) is 15. The third-order valence-corrected chi connectivity index (χ3v) is 18.6. The van der Waals surface area contributed by atoms with Crippen molar-refractivity contribution in [1.29, 1.82) is 0 Å². The monoisotopic (exact) mass is 1340 g/mol. The fraction of sp³-hybridized carbons (Fsp3) is 0.806. The van der Waals surface area contributed by atoms with Gasteiger partial charge in [-0.3, -0.25) is 52.7 Å². The molecule has 0 aromatic rings. The molecule has 11 amide bonds. The lowest BCUT2D eigenvalue weighted by Crippen LogP contribution is -2.64. The molecule has 0 spiro atoms. The Bertz CT molecular complexity index is 2540. The number of likely N-dealkylation sites (N-methyl/N-ethyl adjacent to an activating group) is 7. The number of allylic oxidation sites excluding steroid dienone is 2. The van der Waals surface area contributed by atoms with E-state index in [0.29, 0.717) is 6.42 Å². The van der Waals surface area contributed by atoms with Gasteiger partial charge in [0.15, 0.2) is 0 Å². The largest absolute Gasteiger partial charge is 0.393 e. The molecular weight excluding hydrogens is 1210 g/mol. The molecule has 26 heteroatoms. The molecule has 7 N–H and O–H groups in total. The Hall–Kier alpha value is -5.86. The zero-order valence-electron chi connectivity index (χ0n) is 60.9. The first-order valence-electron chi connectivity index (χ1n) is 33.2. The van der Waals surface area contributed by atoms with Crippen LogP contribution < -0.4 is 21.3 Å². The highest BCUT2D eigenvalue weighted by molar-refractivity contribution is 7.99. The summed E-state index contributed by atoms with van der Waals surface area (Å²) in [6.07, 6.45) is 1.84. The van der Waals surface area contributed by atoms with Crippen molar-refractivity contribution >= 4 is 76.7 Å². The van der Waals surface area contributed by atoms with Gasteiger partial charge in [-0.05, 0) is 116 Å². The molecule has 14 atom stereocenters. The zero-order chi connectivity index (χ0) is 72.2. The van der Waals surface area contributed by atoms with Gasteiger partial charge in [-0.2, -0.15) is 11.8 Å². The van der Waals surface area contributed by atoms with Gasteiger partial charge < -0.3 is 70.9 Å². The summed E-state index contributed by atoms with van der Waals surface area (Å²) < 4.78 is 0. The lowest BCUT2D eigenvalue weighted by molar-refractivity contribution is -0.157. The van der Waals surface area contributed by atoms with E-state index in [-0.39, 0.29) is 67.8 Å². The fourth-order valence-corrected chi connectivity index (χ4v) is 12.5. The van der Waals surface area contributed by atoms with Gasteiger partial charge in [0.2, 0.25) is 65.0 Å². The van der Waals surface area contributed by atoms with E-state index in [2.05, 4.69) is 21.3 Å². The number of nitrogens with zero attached hydrogens (tertiary/aromatic N) is 7. The third kappa shape index (κ3) is 25.0. The average molecular weight is 1340 g/mol. The summed E-state index contributed by atoms with van der Waals surface area (Å²) in [4.78, 5) is 172. The molecule has 0 radical (unpaired) electrons. The zero-order valence-corrected chi connectivity index (χ0v) is 61.7. The van der Waals surface area contributed by atoms with E-state index in [9.17, 15) is 39.3 Å². The Labute approximate surface area is 560 Å². The number of carbonyl (C=O) groups excluding carboxylic acids is 11. The van der Waals surface area contributed by atoms with Crippen molar-refractivity contribution in [2.75, 3.05) is 60.8 Å². The lowest BCUT2D eigenvalue weighted by Gasteiger charge is -2.41. The minimum atomic E-state index is -1.68. The Kier molecular flexibility index (Phi) is 35.4. The minimum absolute atomic E-state index is 0.0581. The van der Waals surface area contributed by atoms with E-state index in [0.717, 1.165) is 26.5 Å². The van der Waals surface area contributed by atoms with Crippen LogP contribution in [-0.4, -0.2) is 260 Å². The van der Waals surface area contributed by atoms with Gasteiger partial charge in [0.1, 0.15) is 66.5 Å². The second-order valence-electron chi connectivity index (χ2n) is 28.4. The molecule has 0 aromatic heterocycles. The smallest absolute Gasteiger partial charge is 0.246 e. The van der Waals surface area contributed by atoms with Crippen LogP contribution in [0.5, 0.6) is 0 Å². The van der Waals surface area contributed by atoms with E-state index in [1.807, 2.05) is 41.5 Å². The van der Waals surface area contributed by atoms with E-state index >= 15 is 28.8 Å². The topological polar surface area (TPSA) is 319 Å². The SMILES string of the molecule is C/C=C/C[C@@H](C)[C@@H](O)[C@H]1C(=O)N[C@@H](CC)C(=O)N(C)[C@@H](CSCC(C)O)C(=O)N(C)[C@@H](CC(C)(C)O)C(=O)N[C@H](C(C)C)C(=O)N(C)[C@H](CCC(C)C)C(=O)N[C@H](C)C(=O)N[C@@H](C)C(=O)N(C)[C@@H](CC(C)C)C(=O)N(C)[C@@H](CC(C)C)C(=O)N(C)[C@@H](C(C)C)C(=O)N1C. The molecule has 0 saturated carbocycles. The molecule has 0 aromatic carbocycles. The van der Waals surface area contributed by atoms with Crippen LogP contribution in [0.25, 0.3) is 0 Å². The highest BCUT2D eigenvalue weighted by Gasteiger charge is 2.47. The van der Waals surface area contributed by atoms with Crippen LogP contribution in [-0.2, 0) is 52.7 Å². The van der Waals surface area contributed by atoms with E-state index < -0.39 is 167 Å². The fourth-order valence-electron chi connectivity index (χ4n) is 11.4. The molecule has 1 aliphatic heterocycles. The van der Waals surface area contributed by atoms with Crippen LogP contribution in [0, 0.1) is 35.5 Å². The maximum Gasteiger partial charge on any atom is 0.246 e. The number of hydrogen-bond donors (Lipinski definition) is 7. The van der Waals surface area contributed by atoms with Gasteiger partial charge >= 0.3 is 0 Å². The molecular formula is C67H121N11O14S. The highest BCUT2D eigenvalue weighted by Crippen LogP contribution is 2.27. The molecule has 1 aliphatic rings. The van der Waals surface area contributed by atoms with Crippen molar-refractivity contribution in [1.82, 2.24) is 55.6 Å². The molecule has 93 heavy (non-hydrogen) atoms. The van der Waals surface area contributed by atoms with E-state index in [4.69, 9.17) is 0 Å². The average Bonchev–Trinajstić information content (AvgIpc) is 0.860. The van der Waals surface area contributed by atoms with Crippen LogP contribution in [0.3, 0.4) is 0 Å². The Morgan fingerprint density at radius 1 is 0.505 bits per heavy atom. The first kappa shape index (κ1) is 85.2. The van der Waals surface area contributed by atoms with Crippen LogP contribution in [0.2, 0.25) is 0 Å². The third-order valence-electron chi connectivity index (χ3n) is 17.3. The second kappa shape index (κ2) is 38.6. The van der Waals surface area contributed by atoms with E-state index in [1.54, 1.807) is 67.5 Å². The number of rotatable bonds is 20. The van der Waals surface area contributed by atoms with Crippen LogP contribution >= 0.6 is 11.8 Å². The molecule has 1 rings (SSSR count). The molecule has 1 heterocycles. The molecule has 25 nitrogen and oxygen atoms in total. The molecule has 0 bridgehead atoms. The minimum Gasteiger partial charge on any atom is -0.393 e. The molecule has 1 saturated heterocycles. The van der Waals surface area contributed by atoms with Crippen molar-refractivity contribution < 1.29 is 68.1 Å². The predicted molar refractivity (Wildman–Crippen MR) is 362 cm³/mol. The van der Waals surface area contributed by atoms with Gasteiger partial charge in [0.25, 0.3) is 0 Å². The summed E-state index contributed by atoms with van der Waals surface area (Å²) >= 11 is 1.14. The number of nitrogens with one attached hydrogen (secondary N) is 4. The number of carbonyl (C=O) groups is 11. The molecule has 534 valence electrons. The summed E-state index contributed by atoms with van der Waals surface area (Å²) in [6, 6.07) is -14.7. The van der Waals surface area contributed by atoms with Crippen LogP contribution in [0.15, 0.2) is 12.2 Å². The van der Waals surface area contributed by atoms with Crippen LogP contribution in [0.4, 0.5) is 0 Å². The summed E-state index contributed by atoms with van der Waals surface area (Å²) in [6.45, 7) is 30.5. The van der Waals surface area contributed by atoms with Crippen molar-refractivity contribution in [3.8, 4) is 0 Å². The van der Waals surface area contributed by atoms with E-state index in [1.165, 1.54) is 96.6 Å². The standard InChI is InChI=1S/C67H121N11O14S/c1-26-28-29-42(13)55(80)54-59(84)70-46(27-2)61(86)76(23)51(36-93-35-43(14)79)64(89)75(22)50(34-67(17,18)92)58(83)71-52(40(9)10)65(90)72(19)47(31-30-37(3)4)57(82)68-44(15)56(81)69-45(16)60(85)73(20)48(32-38(5)6)62(87)74(21)49(33-39(7)8)63(88)77(24)53(41(11)12)66(91)78(54)25/h26,28,37-55,79-80,92H,27,29-36H2,1-25H3,(H,68,82)(H,69,81)(H,70,84)(H,71,83)/b28-26+/t42-,43?,44-,45+,46+,47-,48+,49+,50+,51+,52-,53+,54+,55-/m1/s1. The maximum atomic E-state index is 15.3. The predicted octanol–water partition coefficient (Wildman–Crippen LogP) is 3.26. The van der Waals surface area contributed by atoms with Crippen molar-refractivity contribution in [3.63, 3.8) is 0 Å². The first-order valence-corrected chi connectivity index (χ1v) is 34.3. The van der Waals surface area contributed by atoms with Gasteiger partial charge in [0, 0.05) is 67.3 Å².